The van der Waals surface area contributed by atoms with Crippen LogP contribution < -0.4 is 5.32 Å². The first kappa shape index (κ1) is 18.7. The van der Waals surface area contributed by atoms with Gasteiger partial charge in [-0.2, -0.15) is 0 Å². The summed E-state index contributed by atoms with van der Waals surface area (Å²) in [6.45, 7) is 2.32. The molecule has 1 amide bonds. The fraction of sp³-hybridized carbons (Fsp3) is 0.217. The lowest BCUT2D eigenvalue weighted by Crippen LogP contribution is -2.40. The monoisotopic (exact) mass is 391 g/mol. The standard InChI is InChI=1S/C23H22ClN3O/c24-21-9-3-7-18(13-21)23(28)26-15-22(19-8-4-11-25-14-19)27-12-10-17-5-1-2-6-20(17)16-27/h1-9,11,13-14,22H,10,12,15-16H2,(H,26,28)/t22-/m0/s1. The molecule has 0 bridgehead atoms. The summed E-state index contributed by atoms with van der Waals surface area (Å²) in [5.41, 5.74) is 4.44. The number of halogens is 1. The van der Waals surface area contributed by atoms with Gasteiger partial charge in [0.05, 0.1) is 6.04 Å². The Balaban J connectivity index is 1.53. The minimum absolute atomic E-state index is 0.0604. The van der Waals surface area contributed by atoms with Gasteiger partial charge >= 0.3 is 0 Å². The Bertz CT molecular complexity index is 961. The lowest BCUT2D eigenvalue weighted by atomic mass is 9.97. The van der Waals surface area contributed by atoms with Crippen molar-refractivity contribution in [3.05, 3.63) is 100 Å². The number of pyridine rings is 1. The summed E-state index contributed by atoms with van der Waals surface area (Å²) < 4.78 is 0. The molecule has 4 rings (SSSR count). The van der Waals surface area contributed by atoms with E-state index >= 15 is 0 Å². The third-order valence-corrected chi connectivity index (χ3v) is 5.45. The Morgan fingerprint density at radius 3 is 2.75 bits per heavy atom. The lowest BCUT2D eigenvalue weighted by molar-refractivity contribution is 0.0927. The van der Waals surface area contributed by atoms with Crippen LogP contribution in [0.4, 0.5) is 0 Å². The van der Waals surface area contributed by atoms with E-state index in [1.807, 2.05) is 12.3 Å². The van der Waals surface area contributed by atoms with Crippen molar-refractivity contribution in [1.82, 2.24) is 15.2 Å². The molecule has 4 nitrogen and oxygen atoms in total. The van der Waals surface area contributed by atoms with E-state index in [1.54, 1.807) is 30.5 Å². The molecule has 2 heterocycles. The highest BCUT2D eigenvalue weighted by Crippen LogP contribution is 2.27. The molecule has 0 saturated heterocycles. The molecule has 2 aromatic carbocycles. The maximum Gasteiger partial charge on any atom is 0.251 e. The summed E-state index contributed by atoms with van der Waals surface area (Å²) in [7, 11) is 0. The van der Waals surface area contributed by atoms with Gasteiger partial charge < -0.3 is 5.32 Å². The zero-order valence-electron chi connectivity index (χ0n) is 15.5. The molecule has 5 heteroatoms. The van der Waals surface area contributed by atoms with Crippen LogP contribution in [0.25, 0.3) is 0 Å². The molecule has 0 radical (unpaired) electrons. The molecule has 28 heavy (non-hydrogen) atoms. The fourth-order valence-corrected chi connectivity index (χ4v) is 3.93. The fourth-order valence-electron chi connectivity index (χ4n) is 3.74. The number of amides is 1. The summed E-state index contributed by atoms with van der Waals surface area (Å²) in [6.07, 6.45) is 4.67. The maximum absolute atomic E-state index is 12.6. The number of carbonyl (C=O) groups is 1. The minimum atomic E-state index is -0.117. The lowest BCUT2D eigenvalue weighted by Gasteiger charge is -2.36. The molecule has 1 N–H and O–H groups in total. The molecular weight excluding hydrogens is 370 g/mol. The molecule has 142 valence electrons. The zero-order valence-corrected chi connectivity index (χ0v) is 16.3. The molecule has 1 atom stereocenters. The van der Waals surface area contributed by atoms with E-state index < -0.39 is 0 Å². The number of hydrogen-bond donors (Lipinski definition) is 1. The summed E-state index contributed by atoms with van der Waals surface area (Å²) in [6, 6.07) is 19.7. The molecular formula is C23H22ClN3O. The topological polar surface area (TPSA) is 45.2 Å². The van der Waals surface area contributed by atoms with Crippen molar-refractivity contribution in [2.24, 2.45) is 0 Å². The van der Waals surface area contributed by atoms with Gasteiger partial charge in [-0.3, -0.25) is 14.7 Å². The maximum atomic E-state index is 12.6. The van der Waals surface area contributed by atoms with Crippen molar-refractivity contribution >= 4 is 17.5 Å². The van der Waals surface area contributed by atoms with Crippen LogP contribution in [0.2, 0.25) is 5.02 Å². The van der Waals surface area contributed by atoms with Crippen LogP contribution in [-0.2, 0) is 13.0 Å². The highest BCUT2D eigenvalue weighted by molar-refractivity contribution is 6.30. The zero-order chi connectivity index (χ0) is 19.3. The Morgan fingerprint density at radius 2 is 1.96 bits per heavy atom. The number of rotatable bonds is 5. The van der Waals surface area contributed by atoms with Gasteiger partial charge in [0.25, 0.3) is 5.91 Å². The van der Waals surface area contributed by atoms with Gasteiger partial charge in [-0.25, -0.2) is 0 Å². The SMILES string of the molecule is O=C(NC[C@@H](c1cccnc1)N1CCc2ccccc2C1)c1cccc(Cl)c1. The number of aromatic nitrogens is 1. The predicted molar refractivity (Wildman–Crippen MR) is 111 cm³/mol. The van der Waals surface area contributed by atoms with Crippen LogP contribution in [0.5, 0.6) is 0 Å². The minimum Gasteiger partial charge on any atom is -0.350 e. The van der Waals surface area contributed by atoms with Gasteiger partial charge in [-0.05, 0) is 47.4 Å². The van der Waals surface area contributed by atoms with Crippen LogP contribution in [0, 0.1) is 0 Å². The molecule has 1 aliphatic heterocycles. The molecule has 1 aromatic heterocycles. The molecule has 0 unspecified atom stereocenters. The largest absolute Gasteiger partial charge is 0.350 e. The first-order valence-corrected chi connectivity index (χ1v) is 9.83. The van der Waals surface area contributed by atoms with Gasteiger partial charge in [0.15, 0.2) is 0 Å². The van der Waals surface area contributed by atoms with Gasteiger partial charge in [0, 0.05) is 42.6 Å². The highest BCUT2D eigenvalue weighted by atomic mass is 35.5. The number of hydrogen-bond acceptors (Lipinski definition) is 3. The first-order chi connectivity index (χ1) is 13.7. The first-order valence-electron chi connectivity index (χ1n) is 9.45. The van der Waals surface area contributed by atoms with Crippen LogP contribution >= 0.6 is 11.6 Å². The summed E-state index contributed by atoms with van der Waals surface area (Å²) in [5, 5.41) is 3.64. The average molecular weight is 392 g/mol. The highest BCUT2D eigenvalue weighted by Gasteiger charge is 2.25. The van der Waals surface area contributed by atoms with Crippen molar-refractivity contribution in [2.45, 2.75) is 19.0 Å². The number of nitrogens with zero attached hydrogens (tertiary/aromatic N) is 2. The van der Waals surface area contributed by atoms with Crippen molar-refractivity contribution < 1.29 is 4.79 Å². The normalized spacial score (nSPS) is 14.9. The van der Waals surface area contributed by atoms with E-state index in [0.29, 0.717) is 17.1 Å². The predicted octanol–water partition coefficient (Wildman–Crippen LogP) is 4.26. The van der Waals surface area contributed by atoms with E-state index in [2.05, 4.69) is 45.5 Å². The molecule has 0 saturated carbocycles. The Hall–Kier alpha value is -2.69. The van der Waals surface area contributed by atoms with Gasteiger partial charge in [-0.1, -0.05) is 48.0 Å². The van der Waals surface area contributed by atoms with Crippen LogP contribution in [0.3, 0.4) is 0 Å². The van der Waals surface area contributed by atoms with E-state index in [9.17, 15) is 4.79 Å². The van der Waals surface area contributed by atoms with Gasteiger partial charge in [-0.15, -0.1) is 0 Å². The third kappa shape index (κ3) is 4.24. The third-order valence-electron chi connectivity index (χ3n) is 5.21. The number of fused-ring (bicyclic) bond motifs is 1. The second-order valence-corrected chi connectivity index (χ2v) is 7.45. The van der Waals surface area contributed by atoms with E-state index in [0.717, 1.165) is 25.1 Å². The van der Waals surface area contributed by atoms with Gasteiger partial charge in [0.1, 0.15) is 0 Å². The second-order valence-electron chi connectivity index (χ2n) is 7.01. The summed E-state index contributed by atoms with van der Waals surface area (Å²) >= 11 is 6.02. The summed E-state index contributed by atoms with van der Waals surface area (Å²) in [4.78, 5) is 19.3. The van der Waals surface area contributed by atoms with Crippen molar-refractivity contribution in [3.8, 4) is 0 Å². The molecule has 3 aromatic rings. The van der Waals surface area contributed by atoms with Crippen molar-refractivity contribution in [3.63, 3.8) is 0 Å². The Kier molecular flexibility index (Phi) is 5.70. The summed E-state index contributed by atoms with van der Waals surface area (Å²) in [5.74, 6) is -0.117. The van der Waals surface area contributed by atoms with E-state index in [4.69, 9.17) is 11.6 Å². The van der Waals surface area contributed by atoms with Crippen molar-refractivity contribution in [2.75, 3.05) is 13.1 Å². The van der Waals surface area contributed by atoms with Crippen LogP contribution in [0.15, 0.2) is 73.1 Å². The van der Waals surface area contributed by atoms with Crippen LogP contribution in [-0.4, -0.2) is 28.9 Å². The molecule has 1 aliphatic rings. The average Bonchev–Trinajstić information content (AvgIpc) is 2.74. The van der Waals surface area contributed by atoms with Gasteiger partial charge in [0.2, 0.25) is 0 Å². The quantitative estimate of drug-likeness (QED) is 0.706. The number of nitrogens with one attached hydrogen (secondary N) is 1. The van der Waals surface area contributed by atoms with E-state index in [1.165, 1.54) is 11.1 Å². The Morgan fingerprint density at radius 1 is 1.11 bits per heavy atom. The smallest absolute Gasteiger partial charge is 0.251 e. The molecule has 0 fully saturated rings. The second kappa shape index (κ2) is 8.55. The molecule has 0 spiro atoms. The number of benzene rings is 2. The van der Waals surface area contributed by atoms with Crippen LogP contribution in [0.1, 0.15) is 33.1 Å². The number of carbonyl (C=O) groups excluding carboxylic acids is 1. The van der Waals surface area contributed by atoms with E-state index in [-0.39, 0.29) is 11.9 Å². The Labute approximate surface area is 170 Å². The van der Waals surface area contributed by atoms with Crippen molar-refractivity contribution in [1.29, 1.82) is 0 Å². The molecule has 0 aliphatic carbocycles.